The third kappa shape index (κ3) is 4.70. The first-order valence-corrected chi connectivity index (χ1v) is 9.81. The normalized spacial score (nSPS) is 10.7. The molecule has 1 heterocycles. The van der Waals surface area contributed by atoms with Crippen molar-refractivity contribution in [1.29, 1.82) is 10.5 Å². The van der Waals surface area contributed by atoms with E-state index in [4.69, 9.17) is 14.9 Å². The first kappa shape index (κ1) is 19.7. The second-order valence-electron chi connectivity index (χ2n) is 6.89. The second kappa shape index (κ2) is 9.27. The molecule has 4 rings (SSSR count). The van der Waals surface area contributed by atoms with Gasteiger partial charge in [-0.15, -0.1) is 0 Å². The van der Waals surface area contributed by atoms with Gasteiger partial charge in [0, 0.05) is 6.08 Å². The Labute approximate surface area is 181 Å². The summed E-state index contributed by atoms with van der Waals surface area (Å²) >= 11 is 0. The van der Waals surface area contributed by atoms with Crippen molar-refractivity contribution < 1.29 is 4.42 Å². The molecule has 0 atom stereocenters. The maximum absolute atomic E-state index is 8.95. The molecule has 3 heteroatoms. The van der Waals surface area contributed by atoms with E-state index in [1.807, 2.05) is 60.7 Å². The summed E-state index contributed by atoms with van der Waals surface area (Å²) in [7, 11) is 0. The summed E-state index contributed by atoms with van der Waals surface area (Å²) in [4.78, 5) is 0. The lowest BCUT2D eigenvalue weighted by molar-refractivity contribution is 0.547. The Hall–Kier alpha value is -4.60. The van der Waals surface area contributed by atoms with Gasteiger partial charge in [-0.1, -0.05) is 84.9 Å². The van der Waals surface area contributed by atoms with Crippen molar-refractivity contribution in [3.05, 3.63) is 125 Å². The fourth-order valence-corrected chi connectivity index (χ4v) is 3.32. The molecule has 0 radical (unpaired) electrons. The number of hydrogen-bond acceptors (Lipinski definition) is 3. The first-order valence-electron chi connectivity index (χ1n) is 9.81. The lowest BCUT2D eigenvalue weighted by atomic mass is 9.95. The van der Waals surface area contributed by atoms with Gasteiger partial charge in [0.05, 0.1) is 0 Å². The zero-order valence-electron chi connectivity index (χ0n) is 16.7. The molecule has 0 saturated carbocycles. The van der Waals surface area contributed by atoms with Crippen LogP contribution >= 0.6 is 0 Å². The van der Waals surface area contributed by atoms with Gasteiger partial charge in [-0.3, -0.25) is 0 Å². The predicted molar refractivity (Wildman–Crippen MR) is 123 cm³/mol. The highest BCUT2D eigenvalue weighted by molar-refractivity contribution is 5.91. The van der Waals surface area contributed by atoms with Crippen molar-refractivity contribution >= 4 is 17.7 Å². The SMILES string of the molecule is N#CC(C#N)=Cc1ccc(C=C(c2ccccc2)c2ccc(-c3ccccc3)cc2)o1. The molecule has 3 aromatic carbocycles. The number of benzene rings is 3. The molecular weight excluding hydrogens is 380 g/mol. The van der Waals surface area contributed by atoms with E-state index >= 15 is 0 Å². The Morgan fingerprint density at radius 2 is 1.10 bits per heavy atom. The molecule has 0 aliphatic heterocycles. The van der Waals surface area contributed by atoms with Crippen molar-refractivity contribution in [3.63, 3.8) is 0 Å². The molecule has 146 valence electrons. The summed E-state index contributed by atoms with van der Waals surface area (Å²) < 4.78 is 5.83. The van der Waals surface area contributed by atoms with E-state index in [-0.39, 0.29) is 5.57 Å². The Kier molecular flexibility index (Phi) is 5.89. The number of rotatable bonds is 5. The lowest BCUT2D eigenvalue weighted by Crippen LogP contribution is -1.88. The van der Waals surface area contributed by atoms with Crippen LogP contribution in [0, 0.1) is 22.7 Å². The van der Waals surface area contributed by atoms with E-state index in [1.54, 1.807) is 6.07 Å². The summed E-state index contributed by atoms with van der Waals surface area (Å²) in [6, 6.07) is 36.1. The van der Waals surface area contributed by atoms with Crippen LogP contribution in [0.25, 0.3) is 28.9 Å². The number of nitrogens with zero attached hydrogens (tertiary/aromatic N) is 2. The zero-order valence-corrected chi connectivity index (χ0v) is 16.7. The van der Waals surface area contributed by atoms with Gasteiger partial charge in [-0.05, 0) is 46.0 Å². The maximum Gasteiger partial charge on any atom is 0.133 e. The quantitative estimate of drug-likeness (QED) is 0.341. The van der Waals surface area contributed by atoms with E-state index < -0.39 is 0 Å². The highest BCUT2D eigenvalue weighted by Crippen LogP contribution is 2.29. The van der Waals surface area contributed by atoms with E-state index in [0.717, 1.165) is 22.3 Å². The molecule has 4 aromatic rings. The van der Waals surface area contributed by atoms with Crippen molar-refractivity contribution in [3.8, 4) is 23.3 Å². The third-order valence-corrected chi connectivity index (χ3v) is 4.85. The van der Waals surface area contributed by atoms with Crippen molar-refractivity contribution in [2.45, 2.75) is 0 Å². The van der Waals surface area contributed by atoms with Gasteiger partial charge in [-0.2, -0.15) is 10.5 Å². The van der Waals surface area contributed by atoms with E-state index in [0.29, 0.717) is 11.5 Å². The van der Waals surface area contributed by atoms with E-state index in [1.165, 1.54) is 11.6 Å². The Balaban J connectivity index is 1.73. The fourth-order valence-electron chi connectivity index (χ4n) is 3.32. The average molecular weight is 398 g/mol. The van der Waals surface area contributed by atoms with Crippen LogP contribution in [-0.4, -0.2) is 0 Å². The van der Waals surface area contributed by atoms with Crippen molar-refractivity contribution in [2.75, 3.05) is 0 Å². The van der Waals surface area contributed by atoms with Crippen LogP contribution < -0.4 is 0 Å². The minimum Gasteiger partial charge on any atom is -0.457 e. The summed E-state index contributed by atoms with van der Waals surface area (Å²) in [6.45, 7) is 0. The highest BCUT2D eigenvalue weighted by atomic mass is 16.3. The van der Waals surface area contributed by atoms with Gasteiger partial charge >= 0.3 is 0 Å². The molecule has 0 bridgehead atoms. The molecule has 0 saturated heterocycles. The van der Waals surface area contributed by atoms with Gasteiger partial charge < -0.3 is 4.42 Å². The predicted octanol–water partition coefficient (Wildman–Crippen LogP) is 6.97. The number of nitriles is 2. The second-order valence-corrected chi connectivity index (χ2v) is 6.89. The highest BCUT2D eigenvalue weighted by Gasteiger charge is 2.08. The molecule has 0 amide bonds. The summed E-state index contributed by atoms with van der Waals surface area (Å²) in [5.74, 6) is 1.11. The third-order valence-electron chi connectivity index (χ3n) is 4.85. The molecule has 1 aromatic heterocycles. The van der Waals surface area contributed by atoms with Crippen LogP contribution in [0.5, 0.6) is 0 Å². The monoisotopic (exact) mass is 398 g/mol. The number of furan rings is 1. The largest absolute Gasteiger partial charge is 0.457 e. The van der Waals surface area contributed by atoms with Gasteiger partial charge in [0.1, 0.15) is 29.2 Å². The summed E-state index contributed by atoms with van der Waals surface area (Å²) in [6.07, 6.45) is 3.41. The first-order chi connectivity index (χ1) is 15.3. The van der Waals surface area contributed by atoms with Crippen LogP contribution in [0.4, 0.5) is 0 Å². The minimum absolute atomic E-state index is 0.00432. The van der Waals surface area contributed by atoms with Gasteiger partial charge in [0.25, 0.3) is 0 Å². The molecule has 0 unspecified atom stereocenters. The summed E-state index contributed by atoms with van der Waals surface area (Å²) in [5.41, 5.74) is 5.48. The Morgan fingerprint density at radius 3 is 1.71 bits per heavy atom. The molecular formula is C28H18N2O. The molecule has 0 fully saturated rings. The molecule has 0 aliphatic rings. The van der Waals surface area contributed by atoms with E-state index in [2.05, 4.69) is 48.5 Å². The maximum atomic E-state index is 8.95. The number of allylic oxidation sites excluding steroid dienone is 1. The van der Waals surface area contributed by atoms with Crippen LogP contribution in [0.1, 0.15) is 22.6 Å². The van der Waals surface area contributed by atoms with Crippen LogP contribution in [0.2, 0.25) is 0 Å². The Morgan fingerprint density at radius 1 is 0.581 bits per heavy atom. The standard InChI is InChI=1S/C28H18N2O/c29-19-21(20-30)17-26-15-16-27(31-26)18-28(24-9-5-2-6-10-24)25-13-11-23(12-14-25)22-7-3-1-4-8-22/h1-18H. The van der Waals surface area contributed by atoms with Crippen molar-refractivity contribution in [2.24, 2.45) is 0 Å². The van der Waals surface area contributed by atoms with Crippen LogP contribution in [-0.2, 0) is 0 Å². The van der Waals surface area contributed by atoms with Crippen LogP contribution in [0.3, 0.4) is 0 Å². The molecule has 0 aliphatic carbocycles. The topological polar surface area (TPSA) is 60.7 Å². The van der Waals surface area contributed by atoms with Gasteiger partial charge in [0.15, 0.2) is 0 Å². The van der Waals surface area contributed by atoms with Gasteiger partial charge in [-0.25, -0.2) is 0 Å². The molecule has 3 nitrogen and oxygen atoms in total. The fraction of sp³-hybridized carbons (Fsp3) is 0. The Bertz CT molecular complexity index is 1300. The number of hydrogen-bond donors (Lipinski definition) is 0. The van der Waals surface area contributed by atoms with Crippen molar-refractivity contribution in [1.82, 2.24) is 0 Å². The van der Waals surface area contributed by atoms with Gasteiger partial charge in [0.2, 0.25) is 0 Å². The summed E-state index contributed by atoms with van der Waals surface area (Å²) in [5, 5.41) is 17.9. The molecule has 0 N–H and O–H groups in total. The lowest BCUT2D eigenvalue weighted by Gasteiger charge is -2.10. The minimum atomic E-state index is 0.00432. The molecule has 0 spiro atoms. The smallest absolute Gasteiger partial charge is 0.133 e. The van der Waals surface area contributed by atoms with Crippen LogP contribution in [0.15, 0.2) is 107 Å². The average Bonchev–Trinajstić information content (AvgIpc) is 3.29. The molecule has 31 heavy (non-hydrogen) atoms. The zero-order chi connectivity index (χ0) is 21.5. The van der Waals surface area contributed by atoms with E-state index in [9.17, 15) is 0 Å².